The van der Waals surface area contributed by atoms with Gasteiger partial charge in [-0.2, -0.15) is 0 Å². The summed E-state index contributed by atoms with van der Waals surface area (Å²) in [6.45, 7) is 5.51. The van der Waals surface area contributed by atoms with Crippen molar-refractivity contribution in [3.05, 3.63) is 60.2 Å². The fourth-order valence-electron chi connectivity index (χ4n) is 6.87. The van der Waals surface area contributed by atoms with E-state index in [0.717, 1.165) is 0 Å². The number of hydrogen-bond donors (Lipinski definition) is 2. The van der Waals surface area contributed by atoms with E-state index in [9.17, 15) is 24.3 Å². The molecular weight excluding hydrogens is 554 g/mol. The van der Waals surface area contributed by atoms with Crippen molar-refractivity contribution in [2.45, 2.75) is 75.6 Å². The van der Waals surface area contributed by atoms with Gasteiger partial charge in [0.25, 0.3) is 0 Å². The molecule has 1 aromatic carbocycles. The summed E-state index contributed by atoms with van der Waals surface area (Å²) in [4.78, 5) is 58.7. The van der Waals surface area contributed by atoms with E-state index >= 15 is 0 Å². The summed E-state index contributed by atoms with van der Waals surface area (Å²) >= 11 is 0. The molecule has 11 heteroatoms. The van der Waals surface area contributed by atoms with Crippen LogP contribution in [-0.4, -0.2) is 101 Å². The number of carbonyl (C=O) groups excluding carboxylic acids is 4. The molecule has 4 aliphatic heterocycles. The summed E-state index contributed by atoms with van der Waals surface area (Å²) < 4.78 is 18.3. The second kappa shape index (κ2) is 12.6. The van der Waals surface area contributed by atoms with Crippen molar-refractivity contribution in [3.63, 3.8) is 0 Å². The van der Waals surface area contributed by atoms with Crippen molar-refractivity contribution >= 4 is 23.7 Å². The number of aliphatic hydroxyl groups is 1. The molecule has 4 aliphatic rings. The van der Waals surface area contributed by atoms with Crippen LogP contribution in [0, 0.1) is 11.8 Å². The fourth-order valence-corrected chi connectivity index (χ4v) is 6.87. The van der Waals surface area contributed by atoms with Gasteiger partial charge in [-0.15, -0.1) is 0 Å². The van der Waals surface area contributed by atoms with Gasteiger partial charge >= 0.3 is 5.97 Å². The molecule has 0 unspecified atom stereocenters. The van der Waals surface area contributed by atoms with Gasteiger partial charge in [0.2, 0.25) is 17.7 Å². The molecule has 2 fully saturated rings. The van der Waals surface area contributed by atoms with Gasteiger partial charge in [-0.25, -0.2) is 0 Å². The van der Waals surface area contributed by atoms with Gasteiger partial charge in [0.1, 0.15) is 23.7 Å². The highest BCUT2D eigenvalue weighted by Gasteiger charge is 2.72. The van der Waals surface area contributed by atoms with Crippen LogP contribution in [0.15, 0.2) is 54.6 Å². The predicted molar refractivity (Wildman–Crippen MR) is 155 cm³/mol. The van der Waals surface area contributed by atoms with Crippen LogP contribution in [0.4, 0.5) is 0 Å². The summed E-state index contributed by atoms with van der Waals surface area (Å²) in [5.41, 5.74) is -0.804. The molecule has 43 heavy (non-hydrogen) atoms. The van der Waals surface area contributed by atoms with E-state index in [1.165, 1.54) is 12.0 Å². The van der Waals surface area contributed by atoms with E-state index < -0.39 is 59.6 Å². The molecule has 11 nitrogen and oxygen atoms in total. The number of ether oxygens (including phenoxy) is 3. The van der Waals surface area contributed by atoms with Crippen LogP contribution in [0.5, 0.6) is 0 Å². The van der Waals surface area contributed by atoms with Gasteiger partial charge in [0.15, 0.2) is 0 Å². The van der Waals surface area contributed by atoms with Gasteiger partial charge in [0.05, 0.1) is 37.3 Å². The van der Waals surface area contributed by atoms with E-state index in [0.29, 0.717) is 18.5 Å². The highest BCUT2D eigenvalue weighted by molar-refractivity contribution is 5.99. The zero-order valence-corrected chi connectivity index (χ0v) is 25.0. The number of likely N-dealkylation sites (tertiary alicyclic amines) is 1. The smallest absolute Gasteiger partial charge is 0.313 e. The first-order valence-electron chi connectivity index (χ1n) is 14.9. The number of cyclic esters (lactones) is 1. The second-order valence-corrected chi connectivity index (χ2v) is 12.0. The summed E-state index contributed by atoms with van der Waals surface area (Å²) in [5.74, 6) is -3.82. The maximum absolute atomic E-state index is 14.3. The highest BCUT2D eigenvalue weighted by atomic mass is 16.6. The number of allylic oxidation sites excluding steroid dienone is 1. The molecule has 5 rings (SSSR count). The minimum Gasteiger partial charge on any atom is -0.455 e. The number of carbonyl (C=O) groups is 4. The van der Waals surface area contributed by atoms with Gasteiger partial charge in [0, 0.05) is 26.1 Å². The number of benzene rings is 1. The topological polar surface area (TPSA) is 135 Å². The third-order valence-corrected chi connectivity index (χ3v) is 8.89. The Morgan fingerprint density at radius 2 is 1.84 bits per heavy atom. The number of nitrogens with zero attached hydrogens (tertiary/aromatic N) is 2. The first kappa shape index (κ1) is 30.9. The van der Waals surface area contributed by atoms with Crippen molar-refractivity contribution in [1.29, 1.82) is 0 Å². The van der Waals surface area contributed by atoms with Crippen molar-refractivity contribution in [2.24, 2.45) is 11.8 Å². The predicted octanol–water partition coefficient (Wildman–Crippen LogP) is 1.52. The van der Waals surface area contributed by atoms with Crippen LogP contribution in [0.25, 0.3) is 0 Å². The lowest BCUT2D eigenvalue weighted by atomic mass is 9.77. The minimum absolute atomic E-state index is 0.0808. The molecule has 232 valence electrons. The Morgan fingerprint density at radius 3 is 2.51 bits per heavy atom. The zero-order chi connectivity index (χ0) is 30.9. The SMILES string of the molecule is COC[C@H]1NC(=O)CC/C=C\[C@H]2O[C@]34C=CCN(C(C)C)C(=O)[C@H]3N([C@H](C)CO)C(=O)[C@@H]4[C@H]2C(=O)O[C@@H]1c1ccccc1. The highest BCUT2D eigenvalue weighted by Crippen LogP contribution is 2.54. The third kappa shape index (κ3) is 5.49. The molecule has 2 saturated heterocycles. The van der Waals surface area contributed by atoms with Crippen molar-refractivity contribution in [3.8, 4) is 0 Å². The molecule has 0 aliphatic carbocycles. The largest absolute Gasteiger partial charge is 0.455 e. The average Bonchev–Trinajstić information content (AvgIpc) is 3.38. The zero-order valence-electron chi connectivity index (χ0n) is 25.0. The Hall–Kier alpha value is -3.54. The van der Waals surface area contributed by atoms with Crippen molar-refractivity contribution in [2.75, 3.05) is 26.9 Å². The number of rotatable bonds is 6. The molecule has 1 aromatic rings. The summed E-state index contributed by atoms with van der Waals surface area (Å²) in [6.07, 6.45) is 5.79. The summed E-state index contributed by atoms with van der Waals surface area (Å²) in [5, 5.41) is 13.1. The number of nitrogens with one attached hydrogen (secondary N) is 1. The van der Waals surface area contributed by atoms with Crippen LogP contribution in [0.1, 0.15) is 45.3 Å². The van der Waals surface area contributed by atoms with Gasteiger partial charge in [-0.05, 0) is 32.8 Å². The van der Waals surface area contributed by atoms with Crippen LogP contribution in [-0.2, 0) is 33.4 Å². The number of methoxy groups -OCH3 is 1. The van der Waals surface area contributed by atoms with Crippen LogP contribution < -0.4 is 5.32 Å². The Balaban J connectivity index is 1.62. The molecule has 2 N–H and O–H groups in total. The lowest BCUT2D eigenvalue weighted by molar-refractivity contribution is -0.163. The van der Waals surface area contributed by atoms with E-state index in [1.807, 2.05) is 38.1 Å². The Labute approximate surface area is 251 Å². The van der Waals surface area contributed by atoms with Crippen LogP contribution >= 0.6 is 0 Å². The number of fused-ring (bicyclic) bond motifs is 2. The van der Waals surface area contributed by atoms with E-state index in [2.05, 4.69) is 5.32 Å². The monoisotopic (exact) mass is 595 g/mol. The molecule has 0 radical (unpaired) electrons. The molecule has 3 amide bonds. The summed E-state index contributed by atoms with van der Waals surface area (Å²) in [6, 6.07) is 6.45. The first-order chi connectivity index (χ1) is 20.6. The molecular formula is C32H41N3O8. The number of esters is 1. The van der Waals surface area contributed by atoms with Crippen LogP contribution in [0.3, 0.4) is 0 Å². The van der Waals surface area contributed by atoms with E-state index in [1.54, 1.807) is 42.2 Å². The molecule has 8 atom stereocenters. The standard InChI is InChI=1S/C32H41N3O8/c1-19(2)34-16-10-15-32-26(29(38)35(20(3)17-36)28(32)30(34)39)25-23(43-32)13-8-9-14-24(37)33-22(18-41-4)27(42-31(25)40)21-11-6-5-7-12-21/h5-8,10-13,15,19-20,22-23,25-28,36H,9,14,16-18H2,1-4H3,(H,33,37)/b13-8-/t20-,22-,23-,25+,26+,27-,28-,32+/m1/s1. The molecule has 4 heterocycles. The Bertz CT molecular complexity index is 1280. The van der Waals surface area contributed by atoms with Crippen molar-refractivity contribution in [1.82, 2.24) is 15.1 Å². The lowest BCUT2D eigenvalue weighted by Gasteiger charge is -2.38. The fraction of sp³-hybridized carbons (Fsp3) is 0.562. The number of amides is 3. The molecule has 1 spiro atoms. The second-order valence-electron chi connectivity index (χ2n) is 12.0. The first-order valence-corrected chi connectivity index (χ1v) is 14.9. The average molecular weight is 596 g/mol. The van der Waals surface area contributed by atoms with E-state index in [-0.39, 0.29) is 37.5 Å². The molecule has 0 saturated carbocycles. The number of aliphatic hydroxyl groups excluding tert-OH is 1. The molecule has 0 bridgehead atoms. The van der Waals surface area contributed by atoms with E-state index in [4.69, 9.17) is 14.2 Å². The lowest BCUT2D eigenvalue weighted by Crippen LogP contribution is -2.58. The van der Waals surface area contributed by atoms with Crippen LogP contribution in [0.2, 0.25) is 0 Å². The van der Waals surface area contributed by atoms with Gasteiger partial charge in [-0.3, -0.25) is 19.2 Å². The van der Waals surface area contributed by atoms with Crippen molar-refractivity contribution < 1.29 is 38.5 Å². The normalized spacial score (nSPS) is 34.4. The Morgan fingerprint density at radius 1 is 1.09 bits per heavy atom. The molecule has 0 aromatic heterocycles. The minimum atomic E-state index is -1.46. The maximum atomic E-state index is 14.3. The maximum Gasteiger partial charge on any atom is 0.313 e. The van der Waals surface area contributed by atoms with Gasteiger partial charge < -0.3 is 34.4 Å². The number of hydrogen-bond acceptors (Lipinski definition) is 8. The Kier molecular flexibility index (Phi) is 9.05. The quantitative estimate of drug-likeness (QED) is 0.374. The third-order valence-electron chi connectivity index (χ3n) is 8.89. The van der Waals surface area contributed by atoms with Gasteiger partial charge in [-0.1, -0.05) is 54.6 Å². The summed E-state index contributed by atoms with van der Waals surface area (Å²) in [7, 11) is 1.50.